The van der Waals surface area contributed by atoms with Crippen molar-refractivity contribution >= 4 is 5.91 Å². The van der Waals surface area contributed by atoms with Crippen molar-refractivity contribution in [3.05, 3.63) is 77.6 Å². The molecular formula is C22H20F3N3O2. The highest BCUT2D eigenvalue weighted by atomic mass is 19.4. The zero-order chi connectivity index (χ0) is 21.4. The van der Waals surface area contributed by atoms with E-state index in [1.165, 1.54) is 35.7 Å². The van der Waals surface area contributed by atoms with Crippen molar-refractivity contribution in [3.8, 4) is 11.4 Å². The van der Waals surface area contributed by atoms with Crippen molar-refractivity contribution in [1.82, 2.24) is 15.1 Å². The number of rotatable bonds is 6. The third-order valence-corrected chi connectivity index (χ3v) is 5.38. The Bertz CT molecular complexity index is 1060. The van der Waals surface area contributed by atoms with Crippen LogP contribution in [0.5, 0.6) is 5.75 Å². The molecule has 0 radical (unpaired) electrons. The summed E-state index contributed by atoms with van der Waals surface area (Å²) in [4.78, 5) is 12.8. The van der Waals surface area contributed by atoms with E-state index in [4.69, 9.17) is 4.74 Å². The summed E-state index contributed by atoms with van der Waals surface area (Å²) >= 11 is 0. The Balaban J connectivity index is 1.54. The lowest BCUT2D eigenvalue weighted by Crippen LogP contribution is -2.32. The molecule has 156 valence electrons. The number of benzene rings is 2. The molecule has 0 aliphatic heterocycles. The SMILES string of the molecule is COc1cn(-c2cccc(C(F)(F)F)c2)nc1C(=O)NCC1(c2ccccc2)CC1. The molecule has 0 atom stereocenters. The van der Waals surface area contributed by atoms with Crippen molar-refractivity contribution < 1.29 is 22.7 Å². The van der Waals surface area contributed by atoms with Gasteiger partial charge in [-0.25, -0.2) is 4.68 Å². The second kappa shape index (κ2) is 7.51. The Morgan fingerprint density at radius 1 is 1.17 bits per heavy atom. The summed E-state index contributed by atoms with van der Waals surface area (Å²) in [6.45, 7) is 0.454. The Kier molecular flexibility index (Phi) is 5.01. The van der Waals surface area contributed by atoms with E-state index in [1.54, 1.807) is 0 Å². The predicted molar refractivity (Wildman–Crippen MR) is 105 cm³/mol. The number of nitrogens with one attached hydrogen (secondary N) is 1. The Morgan fingerprint density at radius 2 is 1.90 bits per heavy atom. The van der Waals surface area contributed by atoms with Crippen LogP contribution >= 0.6 is 0 Å². The number of halogens is 3. The molecule has 1 heterocycles. The van der Waals surface area contributed by atoms with Gasteiger partial charge in [0.15, 0.2) is 11.4 Å². The molecule has 5 nitrogen and oxygen atoms in total. The molecule has 1 fully saturated rings. The summed E-state index contributed by atoms with van der Waals surface area (Å²) in [5.41, 5.74) is 0.517. The largest absolute Gasteiger partial charge is 0.493 e. The zero-order valence-corrected chi connectivity index (χ0v) is 16.2. The summed E-state index contributed by atoms with van der Waals surface area (Å²) in [6.07, 6.45) is -1.11. The van der Waals surface area contributed by atoms with E-state index < -0.39 is 17.6 Å². The van der Waals surface area contributed by atoms with Crippen molar-refractivity contribution in [2.45, 2.75) is 24.4 Å². The first kappa shape index (κ1) is 20.0. The van der Waals surface area contributed by atoms with Crippen molar-refractivity contribution in [3.63, 3.8) is 0 Å². The van der Waals surface area contributed by atoms with Crippen LogP contribution in [0.15, 0.2) is 60.8 Å². The third kappa shape index (κ3) is 3.90. The van der Waals surface area contributed by atoms with Gasteiger partial charge in [-0.15, -0.1) is 0 Å². The second-order valence-electron chi connectivity index (χ2n) is 7.37. The summed E-state index contributed by atoms with van der Waals surface area (Å²) < 4.78 is 45.5. The van der Waals surface area contributed by atoms with Crippen LogP contribution in [0, 0.1) is 0 Å². The third-order valence-electron chi connectivity index (χ3n) is 5.38. The van der Waals surface area contributed by atoms with E-state index in [2.05, 4.69) is 10.4 Å². The van der Waals surface area contributed by atoms with Gasteiger partial charge in [0.1, 0.15) is 0 Å². The van der Waals surface area contributed by atoms with Crippen LogP contribution in [0.2, 0.25) is 0 Å². The molecule has 0 saturated heterocycles. The highest BCUT2D eigenvalue weighted by Crippen LogP contribution is 2.47. The fourth-order valence-corrected chi connectivity index (χ4v) is 3.47. The molecule has 30 heavy (non-hydrogen) atoms. The van der Waals surface area contributed by atoms with Crippen LogP contribution in [-0.2, 0) is 11.6 Å². The van der Waals surface area contributed by atoms with E-state index in [0.717, 1.165) is 25.0 Å². The molecule has 0 spiro atoms. The summed E-state index contributed by atoms with van der Waals surface area (Å²) in [5, 5.41) is 7.08. The quantitative estimate of drug-likeness (QED) is 0.651. The first-order chi connectivity index (χ1) is 14.3. The maximum Gasteiger partial charge on any atom is 0.416 e. The molecular weight excluding hydrogens is 395 g/mol. The number of nitrogens with zero attached hydrogens (tertiary/aromatic N) is 2. The zero-order valence-electron chi connectivity index (χ0n) is 16.2. The first-order valence-electron chi connectivity index (χ1n) is 9.47. The lowest BCUT2D eigenvalue weighted by Gasteiger charge is -2.16. The topological polar surface area (TPSA) is 56.2 Å². The number of methoxy groups -OCH3 is 1. The lowest BCUT2D eigenvalue weighted by molar-refractivity contribution is -0.137. The summed E-state index contributed by atoms with van der Waals surface area (Å²) in [6, 6.07) is 14.7. The van der Waals surface area contributed by atoms with E-state index in [9.17, 15) is 18.0 Å². The molecule has 1 aliphatic rings. The summed E-state index contributed by atoms with van der Waals surface area (Å²) in [5.74, 6) is -0.241. The van der Waals surface area contributed by atoms with Gasteiger partial charge in [-0.3, -0.25) is 4.79 Å². The van der Waals surface area contributed by atoms with E-state index in [-0.39, 0.29) is 22.5 Å². The number of amides is 1. The first-order valence-corrected chi connectivity index (χ1v) is 9.47. The maximum atomic E-state index is 13.0. The van der Waals surface area contributed by atoms with Gasteiger partial charge in [0, 0.05) is 12.0 Å². The number of aromatic nitrogens is 2. The Labute approximate surface area is 171 Å². The molecule has 1 saturated carbocycles. The van der Waals surface area contributed by atoms with E-state index >= 15 is 0 Å². The molecule has 2 aromatic carbocycles. The van der Waals surface area contributed by atoms with Gasteiger partial charge in [0.05, 0.1) is 24.6 Å². The van der Waals surface area contributed by atoms with Gasteiger partial charge in [-0.05, 0) is 36.6 Å². The predicted octanol–water partition coefficient (Wildman–Crippen LogP) is 4.36. The molecule has 4 rings (SSSR count). The standard InChI is InChI=1S/C22H20F3N3O2/c1-30-18-13-28(17-9-5-8-16(12-17)22(23,24)25)27-19(18)20(29)26-14-21(10-11-21)15-6-3-2-4-7-15/h2-9,12-13H,10-11,14H2,1H3,(H,26,29). The Morgan fingerprint density at radius 3 is 2.53 bits per heavy atom. The molecule has 1 N–H and O–H groups in total. The monoisotopic (exact) mass is 415 g/mol. The van der Waals surface area contributed by atoms with Crippen LogP contribution in [0.3, 0.4) is 0 Å². The van der Waals surface area contributed by atoms with Crippen LogP contribution < -0.4 is 10.1 Å². The average Bonchev–Trinajstić information content (AvgIpc) is 3.42. The number of alkyl halides is 3. The number of carbonyl (C=O) groups excluding carboxylic acids is 1. The van der Waals surface area contributed by atoms with Crippen molar-refractivity contribution in [1.29, 1.82) is 0 Å². The second-order valence-corrected chi connectivity index (χ2v) is 7.37. The number of hydrogen-bond donors (Lipinski definition) is 1. The lowest BCUT2D eigenvalue weighted by atomic mass is 9.96. The molecule has 8 heteroatoms. The molecule has 0 unspecified atom stereocenters. The van der Waals surface area contributed by atoms with Gasteiger partial charge in [0.2, 0.25) is 0 Å². The highest BCUT2D eigenvalue weighted by Gasteiger charge is 2.44. The van der Waals surface area contributed by atoms with Crippen LogP contribution in [0.25, 0.3) is 5.69 Å². The molecule has 1 amide bonds. The van der Waals surface area contributed by atoms with Crippen LogP contribution in [0.1, 0.15) is 34.5 Å². The number of carbonyl (C=O) groups is 1. The average molecular weight is 415 g/mol. The van der Waals surface area contributed by atoms with Crippen LogP contribution in [0.4, 0.5) is 13.2 Å². The van der Waals surface area contributed by atoms with E-state index in [0.29, 0.717) is 6.54 Å². The van der Waals surface area contributed by atoms with Gasteiger partial charge < -0.3 is 10.1 Å². The summed E-state index contributed by atoms with van der Waals surface area (Å²) in [7, 11) is 1.39. The smallest absolute Gasteiger partial charge is 0.416 e. The minimum Gasteiger partial charge on any atom is -0.493 e. The van der Waals surface area contributed by atoms with Gasteiger partial charge in [-0.1, -0.05) is 36.4 Å². The van der Waals surface area contributed by atoms with Crippen molar-refractivity contribution in [2.24, 2.45) is 0 Å². The molecule has 0 bridgehead atoms. The molecule has 1 aromatic heterocycles. The minimum atomic E-state index is -4.47. The van der Waals surface area contributed by atoms with Gasteiger partial charge in [0.25, 0.3) is 5.91 Å². The maximum absolute atomic E-state index is 13.0. The number of hydrogen-bond acceptors (Lipinski definition) is 3. The van der Waals surface area contributed by atoms with Crippen LogP contribution in [-0.4, -0.2) is 29.3 Å². The van der Waals surface area contributed by atoms with E-state index in [1.807, 2.05) is 30.3 Å². The fraction of sp³-hybridized carbons (Fsp3) is 0.273. The number of ether oxygens (including phenoxy) is 1. The fourth-order valence-electron chi connectivity index (χ4n) is 3.47. The highest BCUT2D eigenvalue weighted by molar-refractivity contribution is 5.95. The van der Waals surface area contributed by atoms with Crippen molar-refractivity contribution in [2.75, 3.05) is 13.7 Å². The van der Waals surface area contributed by atoms with Gasteiger partial charge >= 0.3 is 6.18 Å². The Hall–Kier alpha value is -3.29. The molecule has 3 aromatic rings. The van der Waals surface area contributed by atoms with Gasteiger partial charge in [-0.2, -0.15) is 18.3 Å². The molecule has 1 aliphatic carbocycles. The minimum absolute atomic E-state index is 0.0266. The normalized spacial score (nSPS) is 14.9.